The van der Waals surface area contributed by atoms with Gasteiger partial charge < -0.3 is 58.1 Å². The number of carbonyl (C=O) groups is 7. The number of aliphatic hydroxyl groups is 3. The maximum absolute atomic E-state index is 13.1. The van der Waals surface area contributed by atoms with Crippen molar-refractivity contribution in [1.29, 1.82) is 0 Å². The molecule has 6 atom stereocenters. The summed E-state index contributed by atoms with van der Waals surface area (Å²) in [6.45, 7) is 3.69. The number of carbonyl (C=O) groups excluding carboxylic acids is 6. The van der Waals surface area contributed by atoms with Gasteiger partial charge in [-0.15, -0.1) is 0 Å². The molecule has 0 aliphatic heterocycles. The van der Waals surface area contributed by atoms with Crippen molar-refractivity contribution < 1.29 is 54.0 Å². The molecule has 0 aliphatic carbocycles. The second-order valence-electron chi connectivity index (χ2n) is 10.6. The summed E-state index contributed by atoms with van der Waals surface area (Å²) in [6, 6.07) is -8.05. The number of rotatable bonds is 20. The van der Waals surface area contributed by atoms with E-state index in [-0.39, 0.29) is 18.1 Å². The molecule has 6 unspecified atom stereocenters. The van der Waals surface area contributed by atoms with E-state index in [1.54, 1.807) is 27.7 Å². The number of aliphatic hydroxyl groups excluding tert-OH is 3. The fourth-order valence-corrected chi connectivity index (χ4v) is 3.75. The quantitative estimate of drug-likeness (QED) is 0.0549. The van der Waals surface area contributed by atoms with Gasteiger partial charge in [-0.3, -0.25) is 28.8 Å². The summed E-state index contributed by atoms with van der Waals surface area (Å²) in [5.74, 6) is -7.43. The molecule has 0 bridgehead atoms. The van der Waals surface area contributed by atoms with Crippen LogP contribution in [0, 0.1) is 11.8 Å². The minimum absolute atomic E-state index is 0.109. The Labute approximate surface area is 260 Å². The SMILES string of the molecule is CC(C)CC(NC(=O)C(NC(=O)C(CS)NC(=O)CNC(=O)C(CO)NC(=O)C(N)CO)C(C)C)C(=O)NC(CO)C(=O)O. The maximum Gasteiger partial charge on any atom is 0.328 e. The summed E-state index contributed by atoms with van der Waals surface area (Å²) in [5.41, 5.74) is 5.34. The number of nitrogens with one attached hydrogen (secondary N) is 6. The molecule has 44 heavy (non-hydrogen) atoms. The zero-order valence-corrected chi connectivity index (χ0v) is 25.9. The van der Waals surface area contributed by atoms with Gasteiger partial charge in [0.25, 0.3) is 0 Å². The van der Waals surface area contributed by atoms with E-state index in [1.165, 1.54) is 0 Å². The highest BCUT2D eigenvalue weighted by molar-refractivity contribution is 7.80. The van der Waals surface area contributed by atoms with Crippen molar-refractivity contribution >= 4 is 54.0 Å². The van der Waals surface area contributed by atoms with Gasteiger partial charge >= 0.3 is 5.97 Å². The van der Waals surface area contributed by atoms with E-state index >= 15 is 0 Å². The molecular weight excluding hydrogens is 606 g/mol. The van der Waals surface area contributed by atoms with E-state index in [9.17, 15) is 43.8 Å². The smallest absolute Gasteiger partial charge is 0.328 e. The third-order valence-corrected chi connectivity index (χ3v) is 6.36. The summed E-state index contributed by atoms with van der Waals surface area (Å²) in [5, 5.41) is 50.4. The lowest BCUT2D eigenvalue weighted by atomic mass is 9.99. The predicted octanol–water partition coefficient (Wildman–Crippen LogP) is -5.45. The first kappa shape index (κ1) is 40.5. The van der Waals surface area contributed by atoms with Crippen LogP contribution in [0.5, 0.6) is 0 Å². The Balaban J connectivity index is 5.38. The number of nitrogens with two attached hydrogens (primary N) is 1. The molecule has 19 heteroatoms. The van der Waals surface area contributed by atoms with Gasteiger partial charge in [-0.1, -0.05) is 27.7 Å². The maximum atomic E-state index is 13.1. The molecule has 6 amide bonds. The van der Waals surface area contributed by atoms with Gasteiger partial charge in [0, 0.05) is 5.75 Å². The Morgan fingerprint density at radius 1 is 0.659 bits per heavy atom. The Morgan fingerprint density at radius 2 is 1.18 bits per heavy atom. The van der Waals surface area contributed by atoms with Crippen molar-refractivity contribution in [3.63, 3.8) is 0 Å². The van der Waals surface area contributed by atoms with E-state index in [1.807, 2.05) is 0 Å². The molecule has 0 rings (SSSR count). The molecule has 252 valence electrons. The van der Waals surface area contributed by atoms with E-state index in [2.05, 4.69) is 44.5 Å². The summed E-state index contributed by atoms with van der Waals surface area (Å²) in [6.07, 6.45) is 0.115. The highest BCUT2D eigenvalue weighted by Gasteiger charge is 2.33. The van der Waals surface area contributed by atoms with E-state index in [4.69, 9.17) is 15.9 Å². The molecular formula is C25H45N7O11S. The number of carboxylic acid groups (broad SMARTS) is 1. The van der Waals surface area contributed by atoms with Gasteiger partial charge in [0.15, 0.2) is 0 Å². The standard InChI is InChI=1S/C25H45N7O11S/c1-11(2)5-14(22(39)31-16(9-35)25(42)43)29-24(41)19(12(3)4)32-23(40)17(10-44)28-18(36)6-27-21(38)15(8-34)30-20(37)13(26)7-33/h11-17,19,33-35,44H,5-10,26H2,1-4H3,(H,27,38)(H,28,36)(H,29,41)(H,30,37)(H,31,39)(H,32,40)(H,42,43). The van der Waals surface area contributed by atoms with Crippen molar-refractivity contribution in [3.05, 3.63) is 0 Å². The monoisotopic (exact) mass is 651 g/mol. The lowest BCUT2D eigenvalue weighted by molar-refractivity contribution is -0.143. The molecule has 0 aromatic heterocycles. The van der Waals surface area contributed by atoms with Crippen LogP contribution in [0.3, 0.4) is 0 Å². The lowest BCUT2D eigenvalue weighted by Crippen LogP contribution is -2.60. The second-order valence-corrected chi connectivity index (χ2v) is 10.9. The van der Waals surface area contributed by atoms with Gasteiger partial charge in [-0.2, -0.15) is 12.6 Å². The Morgan fingerprint density at radius 3 is 1.64 bits per heavy atom. The van der Waals surface area contributed by atoms with Crippen LogP contribution in [-0.2, 0) is 33.6 Å². The largest absolute Gasteiger partial charge is 0.480 e. The van der Waals surface area contributed by atoms with E-state index in [0.717, 1.165) is 0 Å². The van der Waals surface area contributed by atoms with Crippen LogP contribution in [0.1, 0.15) is 34.1 Å². The first-order valence-corrected chi connectivity index (χ1v) is 14.4. The van der Waals surface area contributed by atoms with Gasteiger partial charge in [-0.05, 0) is 18.3 Å². The summed E-state index contributed by atoms with van der Waals surface area (Å²) in [7, 11) is 0. The molecule has 12 N–H and O–H groups in total. The predicted molar refractivity (Wildman–Crippen MR) is 158 cm³/mol. The van der Waals surface area contributed by atoms with Crippen molar-refractivity contribution in [3.8, 4) is 0 Å². The van der Waals surface area contributed by atoms with Crippen molar-refractivity contribution in [2.45, 2.75) is 70.4 Å². The molecule has 0 saturated carbocycles. The average molecular weight is 652 g/mol. The second kappa shape index (κ2) is 20.4. The third-order valence-electron chi connectivity index (χ3n) is 5.99. The van der Waals surface area contributed by atoms with Crippen LogP contribution in [0.25, 0.3) is 0 Å². The number of aliphatic carboxylic acids is 1. The lowest BCUT2D eigenvalue weighted by Gasteiger charge is -2.28. The molecule has 0 spiro atoms. The molecule has 0 saturated heterocycles. The summed E-state index contributed by atoms with van der Waals surface area (Å²) in [4.78, 5) is 86.5. The minimum atomic E-state index is -1.59. The van der Waals surface area contributed by atoms with Gasteiger partial charge in [0.05, 0.1) is 26.4 Å². The third kappa shape index (κ3) is 14.3. The molecule has 0 aromatic carbocycles. The topological polar surface area (TPSA) is 299 Å². The molecule has 0 aliphatic rings. The van der Waals surface area contributed by atoms with Gasteiger partial charge in [0.2, 0.25) is 35.4 Å². The summed E-state index contributed by atoms with van der Waals surface area (Å²) < 4.78 is 0. The van der Waals surface area contributed by atoms with Crippen LogP contribution in [0.15, 0.2) is 0 Å². The van der Waals surface area contributed by atoms with Crippen LogP contribution in [-0.4, -0.2) is 130 Å². The minimum Gasteiger partial charge on any atom is -0.480 e. The van der Waals surface area contributed by atoms with Gasteiger partial charge in [-0.25, -0.2) is 4.79 Å². The average Bonchev–Trinajstić information content (AvgIpc) is 2.96. The number of thiol groups is 1. The van der Waals surface area contributed by atoms with Crippen molar-refractivity contribution in [2.24, 2.45) is 17.6 Å². The fourth-order valence-electron chi connectivity index (χ4n) is 3.50. The summed E-state index contributed by atoms with van der Waals surface area (Å²) >= 11 is 4.06. The Hall–Kier alpha value is -3.52. The Kier molecular flexibility index (Phi) is 18.8. The molecule has 0 aromatic rings. The highest BCUT2D eigenvalue weighted by atomic mass is 32.1. The first-order chi connectivity index (χ1) is 20.5. The zero-order chi connectivity index (χ0) is 34.1. The van der Waals surface area contributed by atoms with Crippen LogP contribution < -0.4 is 37.6 Å². The Bertz CT molecular complexity index is 1010. The zero-order valence-electron chi connectivity index (χ0n) is 25.0. The van der Waals surface area contributed by atoms with Crippen LogP contribution in [0.4, 0.5) is 0 Å². The fraction of sp³-hybridized carbons (Fsp3) is 0.720. The number of carboxylic acids is 1. The molecule has 0 fully saturated rings. The first-order valence-electron chi connectivity index (χ1n) is 13.7. The normalized spacial score (nSPS) is 15.2. The number of amides is 6. The van der Waals surface area contributed by atoms with Crippen molar-refractivity contribution in [1.82, 2.24) is 31.9 Å². The van der Waals surface area contributed by atoms with Crippen LogP contribution in [0.2, 0.25) is 0 Å². The number of hydrogen-bond donors (Lipinski definition) is 12. The highest BCUT2D eigenvalue weighted by Crippen LogP contribution is 2.09. The molecule has 0 radical (unpaired) electrons. The van der Waals surface area contributed by atoms with E-state index < -0.39 is 110 Å². The van der Waals surface area contributed by atoms with E-state index in [0.29, 0.717) is 0 Å². The van der Waals surface area contributed by atoms with Crippen LogP contribution >= 0.6 is 12.6 Å². The molecule has 18 nitrogen and oxygen atoms in total. The van der Waals surface area contributed by atoms with Crippen molar-refractivity contribution in [2.75, 3.05) is 32.1 Å². The number of hydrogen-bond acceptors (Lipinski definition) is 12. The molecule has 0 heterocycles. The van der Waals surface area contributed by atoms with Gasteiger partial charge in [0.1, 0.15) is 36.3 Å².